The topological polar surface area (TPSA) is 82.3 Å². The molecule has 3 heterocycles. The summed E-state index contributed by atoms with van der Waals surface area (Å²) in [6.45, 7) is 1.33. The van der Waals surface area contributed by atoms with Crippen LogP contribution in [0.25, 0.3) is 21.7 Å². The zero-order valence-corrected chi connectivity index (χ0v) is 16.2. The lowest BCUT2D eigenvalue weighted by Gasteiger charge is -2.07. The van der Waals surface area contributed by atoms with Crippen molar-refractivity contribution in [3.63, 3.8) is 0 Å². The van der Waals surface area contributed by atoms with Crippen molar-refractivity contribution in [1.29, 1.82) is 0 Å². The number of Topliss-reactive ketones (excluding diaryl/α,β-unsaturated/α-hetero) is 1. The van der Waals surface area contributed by atoms with Crippen molar-refractivity contribution < 1.29 is 18.8 Å². The third-order valence-corrected chi connectivity index (χ3v) is 5.26. The average molecular weight is 413 g/mol. The van der Waals surface area contributed by atoms with Crippen molar-refractivity contribution in [2.45, 2.75) is 6.92 Å². The summed E-state index contributed by atoms with van der Waals surface area (Å²) in [6, 6.07) is 11.8. The highest BCUT2D eigenvalue weighted by atomic mass is 35.5. The summed E-state index contributed by atoms with van der Waals surface area (Å²) in [6.07, 6.45) is 0. The molecule has 28 heavy (non-hydrogen) atoms. The van der Waals surface area contributed by atoms with Gasteiger partial charge in [0, 0.05) is 10.6 Å². The minimum atomic E-state index is -0.640. The number of hydrogen-bond donors (Lipinski definition) is 0. The van der Waals surface area contributed by atoms with Gasteiger partial charge in [-0.15, -0.1) is 11.3 Å². The van der Waals surface area contributed by atoms with E-state index in [4.69, 9.17) is 20.9 Å². The number of thiophene rings is 1. The molecule has 0 atom stereocenters. The Balaban J connectivity index is 1.62. The fraction of sp³-hybridized carbons (Fsp3) is 0.100. The molecule has 0 unspecified atom stereocenters. The summed E-state index contributed by atoms with van der Waals surface area (Å²) in [7, 11) is 0. The summed E-state index contributed by atoms with van der Waals surface area (Å²) in [5.74, 6) is -0.963. The van der Waals surface area contributed by atoms with E-state index in [0.717, 1.165) is 4.88 Å². The Hall–Kier alpha value is -3.03. The van der Waals surface area contributed by atoms with Gasteiger partial charge >= 0.3 is 5.97 Å². The lowest BCUT2D eigenvalue weighted by molar-refractivity contribution is 0.0476. The zero-order valence-electron chi connectivity index (χ0n) is 14.6. The quantitative estimate of drug-likeness (QED) is 0.340. The van der Waals surface area contributed by atoms with Crippen LogP contribution in [0.5, 0.6) is 0 Å². The molecule has 4 rings (SSSR count). The average Bonchev–Trinajstić information content (AvgIpc) is 3.36. The van der Waals surface area contributed by atoms with Crippen LogP contribution in [0, 0.1) is 6.92 Å². The summed E-state index contributed by atoms with van der Waals surface area (Å²) >= 11 is 7.31. The predicted molar refractivity (Wildman–Crippen MR) is 106 cm³/mol. The van der Waals surface area contributed by atoms with E-state index in [9.17, 15) is 9.59 Å². The molecule has 0 aliphatic rings. The highest BCUT2D eigenvalue weighted by Gasteiger charge is 2.21. The SMILES string of the molecule is Cc1noc2nc(-c3cccs3)cc(C(=O)OCC(=O)c3ccc(Cl)cc3)c12. The van der Waals surface area contributed by atoms with Crippen LogP contribution in [-0.4, -0.2) is 28.5 Å². The Morgan fingerprint density at radius 1 is 1.21 bits per heavy atom. The molecule has 140 valence electrons. The Morgan fingerprint density at radius 3 is 2.71 bits per heavy atom. The first kappa shape index (κ1) is 18.3. The van der Waals surface area contributed by atoms with Gasteiger partial charge in [0.2, 0.25) is 0 Å². The lowest BCUT2D eigenvalue weighted by Crippen LogP contribution is -2.15. The third kappa shape index (κ3) is 3.54. The van der Waals surface area contributed by atoms with E-state index in [2.05, 4.69) is 10.1 Å². The maximum atomic E-state index is 12.7. The van der Waals surface area contributed by atoms with Gasteiger partial charge < -0.3 is 9.26 Å². The lowest BCUT2D eigenvalue weighted by atomic mass is 10.1. The number of carbonyl (C=O) groups excluding carboxylic acids is 2. The number of aromatic nitrogens is 2. The van der Waals surface area contributed by atoms with E-state index in [1.165, 1.54) is 11.3 Å². The Labute approximate surface area is 168 Å². The van der Waals surface area contributed by atoms with Crippen LogP contribution in [0.15, 0.2) is 52.4 Å². The van der Waals surface area contributed by atoms with Crippen LogP contribution in [-0.2, 0) is 4.74 Å². The Kier molecular flexibility index (Phi) is 4.93. The van der Waals surface area contributed by atoms with E-state index in [-0.39, 0.29) is 23.7 Å². The van der Waals surface area contributed by atoms with Crippen LogP contribution in [0.2, 0.25) is 5.02 Å². The summed E-state index contributed by atoms with van der Waals surface area (Å²) in [5.41, 5.74) is 2.03. The molecule has 0 saturated carbocycles. The van der Waals surface area contributed by atoms with Crippen molar-refractivity contribution in [1.82, 2.24) is 10.1 Å². The number of rotatable bonds is 5. The number of nitrogens with zero attached hydrogens (tertiary/aromatic N) is 2. The van der Waals surface area contributed by atoms with E-state index in [1.54, 1.807) is 37.3 Å². The number of aryl methyl sites for hydroxylation is 1. The van der Waals surface area contributed by atoms with Gasteiger partial charge in [0.05, 0.1) is 27.2 Å². The van der Waals surface area contributed by atoms with Gasteiger partial charge in [0.15, 0.2) is 12.4 Å². The maximum absolute atomic E-state index is 12.7. The number of ketones is 1. The van der Waals surface area contributed by atoms with Gasteiger partial charge in [-0.3, -0.25) is 4.79 Å². The van der Waals surface area contributed by atoms with Crippen LogP contribution in [0.4, 0.5) is 0 Å². The third-order valence-electron chi connectivity index (χ3n) is 4.11. The summed E-state index contributed by atoms with van der Waals surface area (Å²) in [5, 5.41) is 6.80. The first-order chi connectivity index (χ1) is 13.5. The number of pyridine rings is 1. The largest absolute Gasteiger partial charge is 0.454 e. The van der Waals surface area contributed by atoms with Gasteiger partial charge in [-0.1, -0.05) is 22.8 Å². The van der Waals surface area contributed by atoms with Gasteiger partial charge in [-0.05, 0) is 48.7 Å². The van der Waals surface area contributed by atoms with Gasteiger partial charge in [-0.25, -0.2) is 9.78 Å². The van der Waals surface area contributed by atoms with Crippen LogP contribution in [0.1, 0.15) is 26.4 Å². The van der Waals surface area contributed by atoms with Gasteiger partial charge in [-0.2, -0.15) is 0 Å². The monoisotopic (exact) mass is 412 g/mol. The van der Waals surface area contributed by atoms with Crippen molar-refractivity contribution in [2.75, 3.05) is 6.61 Å². The number of esters is 1. The highest BCUT2D eigenvalue weighted by Crippen LogP contribution is 2.29. The van der Waals surface area contributed by atoms with E-state index in [0.29, 0.717) is 27.4 Å². The molecule has 1 aromatic carbocycles. The number of ether oxygens (including phenoxy) is 1. The first-order valence-corrected chi connectivity index (χ1v) is 9.55. The van der Waals surface area contributed by atoms with Crippen LogP contribution in [0.3, 0.4) is 0 Å². The van der Waals surface area contributed by atoms with Crippen molar-refractivity contribution in [3.05, 3.63) is 69.7 Å². The smallest absolute Gasteiger partial charge is 0.339 e. The molecule has 0 amide bonds. The molecule has 4 aromatic rings. The molecule has 0 radical (unpaired) electrons. The van der Waals surface area contributed by atoms with Gasteiger partial charge in [0.1, 0.15) is 0 Å². The second kappa shape index (κ2) is 7.53. The number of halogens is 1. The number of benzene rings is 1. The molecule has 0 aliphatic carbocycles. The van der Waals surface area contributed by atoms with Crippen LogP contribution >= 0.6 is 22.9 Å². The highest BCUT2D eigenvalue weighted by molar-refractivity contribution is 7.13. The molecule has 6 nitrogen and oxygen atoms in total. The minimum Gasteiger partial charge on any atom is -0.454 e. The maximum Gasteiger partial charge on any atom is 0.339 e. The molecular formula is C20H13ClN2O4S. The fourth-order valence-corrected chi connectivity index (χ4v) is 3.55. The zero-order chi connectivity index (χ0) is 19.7. The van der Waals surface area contributed by atoms with Crippen LogP contribution < -0.4 is 0 Å². The Morgan fingerprint density at radius 2 is 2.00 bits per heavy atom. The molecule has 8 heteroatoms. The van der Waals surface area contributed by atoms with E-state index in [1.807, 2.05) is 17.5 Å². The second-order valence-corrected chi connectivity index (χ2v) is 7.37. The van der Waals surface area contributed by atoms with Gasteiger partial charge in [0.25, 0.3) is 5.71 Å². The molecule has 0 aliphatic heterocycles. The Bertz CT molecular complexity index is 1170. The summed E-state index contributed by atoms with van der Waals surface area (Å²) in [4.78, 5) is 30.3. The fourth-order valence-electron chi connectivity index (χ4n) is 2.73. The molecule has 3 aromatic heterocycles. The molecule has 0 fully saturated rings. The standard InChI is InChI=1S/C20H13ClN2O4S/c1-11-18-14(9-15(17-3-2-8-28-17)22-19(18)27-23-11)20(25)26-10-16(24)12-4-6-13(21)7-5-12/h2-9H,10H2,1H3. The molecular weight excluding hydrogens is 400 g/mol. The number of fused-ring (bicyclic) bond motifs is 1. The molecule has 0 spiro atoms. The molecule has 0 N–H and O–H groups in total. The number of hydrogen-bond acceptors (Lipinski definition) is 7. The van der Waals surface area contributed by atoms with Crippen molar-refractivity contribution >= 4 is 45.8 Å². The van der Waals surface area contributed by atoms with Crippen molar-refractivity contribution in [2.24, 2.45) is 0 Å². The van der Waals surface area contributed by atoms with Crippen molar-refractivity contribution in [3.8, 4) is 10.6 Å². The second-order valence-electron chi connectivity index (χ2n) is 5.99. The minimum absolute atomic E-state index is 0.249. The summed E-state index contributed by atoms with van der Waals surface area (Å²) < 4.78 is 10.5. The number of carbonyl (C=O) groups is 2. The predicted octanol–water partition coefficient (Wildman–Crippen LogP) is 4.95. The van der Waals surface area contributed by atoms with E-state index >= 15 is 0 Å². The molecule has 0 saturated heterocycles. The van der Waals surface area contributed by atoms with E-state index < -0.39 is 5.97 Å². The normalized spacial score (nSPS) is 10.9. The molecule has 0 bridgehead atoms. The first-order valence-electron chi connectivity index (χ1n) is 8.29.